The summed E-state index contributed by atoms with van der Waals surface area (Å²) < 4.78 is 6.70. The van der Waals surface area contributed by atoms with Crippen molar-refractivity contribution < 1.29 is 9.53 Å². The van der Waals surface area contributed by atoms with E-state index in [1.165, 1.54) is 11.7 Å². The summed E-state index contributed by atoms with van der Waals surface area (Å²) in [4.78, 5) is 35.9. The summed E-state index contributed by atoms with van der Waals surface area (Å²) in [7, 11) is 1.52. The van der Waals surface area contributed by atoms with E-state index in [9.17, 15) is 9.59 Å². The molecule has 140 valence electrons. The van der Waals surface area contributed by atoms with E-state index in [0.29, 0.717) is 11.4 Å². The summed E-state index contributed by atoms with van der Waals surface area (Å²) in [5.41, 5.74) is 5.92. The molecule has 3 aromatic rings. The number of carbonyl (C=O) groups is 1. The zero-order chi connectivity index (χ0) is 19.0. The Kier molecular flexibility index (Phi) is 4.24. The van der Waals surface area contributed by atoms with E-state index in [0.717, 1.165) is 19.5 Å². The lowest BCUT2D eigenvalue weighted by Crippen LogP contribution is -2.24. The maximum absolute atomic E-state index is 12.6. The molecule has 1 fully saturated rings. The SMILES string of the molecule is COc1ccccc1-n1c(=O)[nH]c2c(C(N)=O)nc(N[C@@H]3CCNC3)nc21. The van der Waals surface area contributed by atoms with Gasteiger partial charge in [-0.05, 0) is 25.1 Å². The lowest BCUT2D eigenvalue weighted by Gasteiger charge is -2.13. The third-order valence-electron chi connectivity index (χ3n) is 4.49. The molecule has 3 heterocycles. The van der Waals surface area contributed by atoms with Gasteiger partial charge in [0.15, 0.2) is 11.3 Å². The maximum atomic E-state index is 12.6. The predicted octanol–water partition coefficient (Wildman–Crippen LogP) is -0.00990. The second kappa shape index (κ2) is 6.72. The van der Waals surface area contributed by atoms with Crippen LogP contribution >= 0.6 is 0 Å². The van der Waals surface area contributed by atoms with Gasteiger partial charge >= 0.3 is 5.69 Å². The van der Waals surface area contributed by atoms with Crippen LogP contribution in [0.2, 0.25) is 0 Å². The number of carbonyl (C=O) groups excluding carboxylic acids is 1. The molecule has 1 saturated heterocycles. The van der Waals surface area contributed by atoms with E-state index in [1.807, 2.05) is 0 Å². The first-order valence-corrected chi connectivity index (χ1v) is 8.51. The fourth-order valence-electron chi connectivity index (χ4n) is 3.23. The van der Waals surface area contributed by atoms with Crippen LogP contribution < -0.4 is 26.8 Å². The van der Waals surface area contributed by atoms with Crippen molar-refractivity contribution in [1.29, 1.82) is 0 Å². The lowest BCUT2D eigenvalue weighted by molar-refractivity contribution is 0.0997. The Bertz CT molecular complexity index is 1070. The van der Waals surface area contributed by atoms with E-state index in [-0.39, 0.29) is 28.8 Å². The molecular weight excluding hydrogens is 350 g/mol. The molecule has 1 aromatic carbocycles. The molecule has 0 unspecified atom stereocenters. The first-order valence-electron chi connectivity index (χ1n) is 8.51. The normalized spacial score (nSPS) is 16.6. The standard InChI is InChI=1S/C17H19N7O3/c1-27-11-5-3-2-4-10(11)24-15-13(22-17(24)26)12(14(18)25)21-16(23-15)20-9-6-7-19-8-9/h2-5,9,19H,6-8H2,1H3,(H2,18,25)(H,22,26)(H,20,21,23)/t9-/m1/s1. The Morgan fingerprint density at radius 3 is 2.89 bits per heavy atom. The highest BCUT2D eigenvalue weighted by molar-refractivity contribution is 6.02. The number of ether oxygens (including phenoxy) is 1. The molecule has 27 heavy (non-hydrogen) atoms. The molecule has 0 saturated carbocycles. The van der Waals surface area contributed by atoms with Crippen LogP contribution in [0.5, 0.6) is 5.75 Å². The van der Waals surface area contributed by atoms with Crippen LogP contribution in [-0.4, -0.2) is 51.7 Å². The van der Waals surface area contributed by atoms with Gasteiger partial charge in [-0.2, -0.15) is 4.98 Å². The quantitative estimate of drug-likeness (QED) is 0.496. The summed E-state index contributed by atoms with van der Waals surface area (Å²) in [6.07, 6.45) is 0.903. The number of amides is 1. The molecule has 1 aliphatic rings. The summed E-state index contributed by atoms with van der Waals surface area (Å²) in [5, 5.41) is 6.43. The third-order valence-corrected chi connectivity index (χ3v) is 4.49. The number of benzene rings is 1. The highest BCUT2D eigenvalue weighted by Gasteiger charge is 2.22. The number of fused-ring (bicyclic) bond motifs is 1. The van der Waals surface area contributed by atoms with Crippen molar-refractivity contribution >= 4 is 23.0 Å². The largest absolute Gasteiger partial charge is 0.495 e. The molecule has 0 radical (unpaired) electrons. The van der Waals surface area contributed by atoms with Crippen molar-refractivity contribution in [3.8, 4) is 11.4 Å². The van der Waals surface area contributed by atoms with Gasteiger partial charge in [0.05, 0.1) is 12.8 Å². The average Bonchev–Trinajstić information content (AvgIpc) is 3.28. The maximum Gasteiger partial charge on any atom is 0.332 e. The second-order valence-corrected chi connectivity index (χ2v) is 6.23. The van der Waals surface area contributed by atoms with Crippen molar-refractivity contribution in [2.75, 3.05) is 25.5 Å². The van der Waals surface area contributed by atoms with Crippen LogP contribution in [-0.2, 0) is 0 Å². The van der Waals surface area contributed by atoms with Crippen LogP contribution in [0.3, 0.4) is 0 Å². The Balaban J connectivity index is 1.94. The minimum Gasteiger partial charge on any atom is -0.495 e. The number of hydrogen-bond donors (Lipinski definition) is 4. The number of primary amides is 1. The van der Waals surface area contributed by atoms with Gasteiger partial charge in [0.1, 0.15) is 11.3 Å². The van der Waals surface area contributed by atoms with Gasteiger partial charge in [0.25, 0.3) is 5.91 Å². The number of rotatable bonds is 5. The van der Waals surface area contributed by atoms with Crippen molar-refractivity contribution in [2.45, 2.75) is 12.5 Å². The van der Waals surface area contributed by atoms with Crippen molar-refractivity contribution in [3.63, 3.8) is 0 Å². The Hall–Kier alpha value is -3.40. The first kappa shape index (κ1) is 17.0. The van der Waals surface area contributed by atoms with Gasteiger partial charge in [-0.3, -0.25) is 4.79 Å². The molecule has 0 bridgehead atoms. The molecule has 10 nitrogen and oxygen atoms in total. The van der Waals surface area contributed by atoms with Crippen LogP contribution in [0, 0.1) is 0 Å². The molecule has 1 aliphatic heterocycles. The van der Waals surface area contributed by atoms with Gasteiger partial charge < -0.3 is 26.1 Å². The summed E-state index contributed by atoms with van der Waals surface area (Å²) in [6, 6.07) is 7.18. The fraction of sp³-hybridized carbons (Fsp3) is 0.294. The van der Waals surface area contributed by atoms with Gasteiger partial charge in [-0.25, -0.2) is 14.3 Å². The Morgan fingerprint density at radius 1 is 1.37 bits per heavy atom. The number of methoxy groups -OCH3 is 1. The van der Waals surface area contributed by atoms with E-state index in [2.05, 4.69) is 25.6 Å². The molecule has 4 rings (SSSR count). The molecule has 10 heteroatoms. The number of nitrogens with two attached hydrogens (primary N) is 1. The van der Waals surface area contributed by atoms with E-state index >= 15 is 0 Å². The van der Waals surface area contributed by atoms with E-state index < -0.39 is 11.6 Å². The lowest BCUT2D eigenvalue weighted by atomic mass is 10.2. The number of nitrogens with one attached hydrogen (secondary N) is 3. The summed E-state index contributed by atoms with van der Waals surface area (Å²) in [6.45, 7) is 1.65. The number of H-pyrrole nitrogens is 1. The van der Waals surface area contributed by atoms with Crippen LogP contribution in [0.1, 0.15) is 16.9 Å². The Labute approximate surface area is 153 Å². The molecule has 2 aromatic heterocycles. The van der Waals surface area contributed by atoms with Crippen molar-refractivity contribution in [2.24, 2.45) is 5.73 Å². The molecular formula is C17H19N7O3. The zero-order valence-corrected chi connectivity index (χ0v) is 14.7. The van der Waals surface area contributed by atoms with Crippen LogP contribution in [0.25, 0.3) is 16.9 Å². The minimum absolute atomic E-state index is 0.0424. The van der Waals surface area contributed by atoms with Crippen molar-refractivity contribution in [3.05, 3.63) is 40.4 Å². The highest BCUT2D eigenvalue weighted by Crippen LogP contribution is 2.25. The number of aromatic amines is 1. The monoisotopic (exact) mass is 369 g/mol. The highest BCUT2D eigenvalue weighted by atomic mass is 16.5. The van der Waals surface area contributed by atoms with E-state index in [1.54, 1.807) is 24.3 Å². The zero-order valence-electron chi connectivity index (χ0n) is 14.7. The second-order valence-electron chi connectivity index (χ2n) is 6.23. The number of anilines is 1. The number of nitrogens with zero attached hydrogens (tertiary/aromatic N) is 3. The minimum atomic E-state index is -0.747. The van der Waals surface area contributed by atoms with Crippen molar-refractivity contribution in [1.82, 2.24) is 24.8 Å². The smallest absolute Gasteiger partial charge is 0.332 e. The summed E-state index contributed by atoms with van der Waals surface area (Å²) >= 11 is 0. The number of hydrogen-bond acceptors (Lipinski definition) is 7. The topological polar surface area (TPSA) is 140 Å². The van der Waals surface area contributed by atoms with Crippen LogP contribution in [0.15, 0.2) is 29.1 Å². The van der Waals surface area contributed by atoms with Gasteiger partial charge in [-0.1, -0.05) is 12.1 Å². The molecule has 0 spiro atoms. The van der Waals surface area contributed by atoms with Gasteiger partial charge in [0.2, 0.25) is 5.95 Å². The van der Waals surface area contributed by atoms with E-state index in [4.69, 9.17) is 10.5 Å². The number of aromatic nitrogens is 4. The molecule has 1 atom stereocenters. The molecule has 0 aliphatic carbocycles. The predicted molar refractivity (Wildman–Crippen MR) is 99.5 cm³/mol. The summed E-state index contributed by atoms with van der Waals surface area (Å²) in [5.74, 6) is -0.00897. The van der Waals surface area contributed by atoms with Crippen LogP contribution in [0.4, 0.5) is 5.95 Å². The number of para-hydroxylation sites is 2. The van der Waals surface area contributed by atoms with Gasteiger partial charge in [-0.15, -0.1) is 0 Å². The Morgan fingerprint density at radius 2 is 2.19 bits per heavy atom. The van der Waals surface area contributed by atoms with Gasteiger partial charge in [0, 0.05) is 12.6 Å². The average molecular weight is 369 g/mol. The third kappa shape index (κ3) is 2.99. The molecule has 5 N–H and O–H groups in total. The number of imidazole rings is 1. The molecule has 1 amide bonds. The first-order chi connectivity index (χ1) is 13.1. The fourth-order valence-corrected chi connectivity index (χ4v) is 3.23.